The molecule has 0 aromatic heterocycles. The van der Waals surface area contributed by atoms with Crippen molar-refractivity contribution >= 4 is 75.4 Å². The molecule has 0 saturated carbocycles. The minimum Gasteiger partial charge on any atom is -0.289 e. The van der Waals surface area contributed by atoms with Crippen molar-refractivity contribution in [1.29, 1.82) is 15.8 Å². The smallest absolute Gasteiger partial charge is 0.195 e. The Hall–Kier alpha value is -5.83. The van der Waals surface area contributed by atoms with E-state index in [1.807, 2.05) is 30.3 Å². The molecule has 8 aromatic carbocycles. The summed E-state index contributed by atoms with van der Waals surface area (Å²) in [6.07, 6.45) is 0. The van der Waals surface area contributed by atoms with Gasteiger partial charge in [0.05, 0.1) is 34.9 Å². The van der Waals surface area contributed by atoms with Gasteiger partial charge in [-0.05, 0) is 74.8 Å². The fourth-order valence-electron chi connectivity index (χ4n) is 6.51. The first-order valence-corrected chi connectivity index (χ1v) is 12.0. The molecule has 5 nitrogen and oxygen atoms in total. The summed E-state index contributed by atoms with van der Waals surface area (Å²) in [6, 6.07) is 26.2. The lowest BCUT2D eigenvalue weighted by molar-refractivity contribution is 1.48. The molecular weight excluding hydrogens is 470 g/mol. The lowest BCUT2D eigenvalue weighted by Crippen LogP contribution is -2.08. The second kappa shape index (κ2) is 6.68. The Morgan fingerprint density at radius 1 is 0.421 bits per heavy atom. The molecule has 170 valence electrons. The van der Waals surface area contributed by atoms with Crippen LogP contribution in [0.4, 0.5) is 0 Å². The molecule has 0 radical (unpaired) electrons. The maximum absolute atomic E-state index is 13.8. The minimum atomic E-state index is -0.292. The van der Waals surface area contributed by atoms with Gasteiger partial charge in [0.2, 0.25) is 0 Å². The summed E-state index contributed by atoms with van der Waals surface area (Å²) >= 11 is 0. The molecule has 0 bridgehead atoms. The van der Waals surface area contributed by atoms with Crippen molar-refractivity contribution in [2.24, 2.45) is 0 Å². The van der Waals surface area contributed by atoms with Crippen molar-refractivity contribution in [3.8, 4) is 18.2 Å². The molecule has 0 atom stereocenters. The standard InChI is InChI=1S/C33H11N3O2/c34-12-17-2-1-3-20-25(17)23-10-15-7-9-22-31-24(26-18(13-35)4-5-19(14-36)29(26)33(22)38)11-16-6-8-21(32(20)37)30(23)27(16)28(15)31/h1-11H. The first kappa shape index (κ1) is 20.4. The molecule has 0 amide bonds. The van der Waals surface area contributed by atoms with Crippen molar-refractivity contribution in [2.75, 3.05) is 0 Å². The number of fused-ring (bicyclic) bond motifs is 4. The molecule has 5 heteroatoms. The highest BCUT2D eigenvalue weighted by Gasteiger charge is 2.24. The second-order valence-electron chi connectivity index (χ2n) is 9.65. The van der Waals surface area contributed by atoms with Gasteiger partial charge in [0, 0.05) is 43.1 Å². The van der Waals surface area contributed by atoms with Crippen LogP contribution < -0.4 is 10.9 Å². The largest absolute Gasteiger partial charge is 0.289 e. The fraction of sp³-hybridized carbons (Fsp3) is 0. The van der Waals surface area contributed by atoms with E-state index in [-0.39, 0.29) is 21.8 Å². The van der Waals surface area contributed by atoms with Crippen LogP contribution in [-0.2, 0) is 0 Å². The number of rotatable bonds is 0. The molecule has 0 saturated heterocycles. The van der Waals surface area contributed by atoms with Gasteiger partial charge in [0.1, 0.15) is 0 Å². The molecule has 0 unspecified atom stereocenters. The number of nitrogens with zero attached hydrogens (tertiary/aromatic N) is 3. The van der Waals surface area contributed by atoms with Crippen molar-refractivity contribution in [3.05, 3.63) is 104 Å². The Balaban J connectivity index is 1.78. The van der Waals surface area contributed by atoms with E-state index in [9.17, 15) is 25.4 Å². The predicted octanol–water partition coefficient (Wildman–Crippen LogP) is 6.41. The Morgan fingerprint density at radius 2 is 0.921 bits per heavy atom. The molecule has 38 heavy (non-hydrogen) atoms. The number of hydrogen-bond donors (Lipinski definition) is 0. The highest BCUT2D eigenvalue weighted by Crippen LogP contribution is 2.46. The van der Waals surface area contributed by atoms with Crippen LogP contribution in [0, 0.1) is 34.0 Å². The summed E-state index contributed by atoms with van der Waals surface area (Å²) < 4.78 is 0. The predicted molar refractivity (Wildman–Crippen MR) is 149 cm³/mol. The zero-order chi connectivity index (χ0) is 25.9. The minimum absolute atomic E-state index is 0.137. The molecule has 0 N–H and O–H groups in total. The molecule has 8 rings (SSSR count). The quantitative estimate of drug-likeness (QED) is 0.184. The topological polar surface area (TPSA) is 106 Å². The van der Waals surface area contributed by atoms with Gasteiger partial charge in [0.25, 0.3) is 0 Å². The van der Waals surface area contributed by atoms with Crippen LogP contribution in [0.15, 0.2) is 76.3 Å². The summed E-state index contributed by atoms with van der Waals surface area (Å²) in [5.74, 6) is 0. The van der Waals surface area contributed by atoms with E-state index >= 15 is 0 Å². The van der Waals surface area contributed by atoms with E-state index in [0.717, 1.165) is 43.1 Å². The first-order valence-electron chi connectivity index (χ1n) is 12.0. The SMILES string of the molecule is N#Cc1ccc(C#N)c2c1c(=O)c1ccc3cc4c5c(C#N)cccc5c(=O)c5ccc6cc2c1c3c6c54. The summed E-state index contributed by atoms with van der Waals surface area (Å²) in [6.45, 7) is 0. The van der Waals surface area contributed by atoms with Gasteiger partial charge < -0.3 is 0 Å². The highest BCUT2D eigenvalue weighted by molar-refractivity contribution is 6.41. The Bertz CT molecular complexity index is 2630. The van der Waals surface area contributed by atoms with Crippen LogP contribution in [0.3, 0.4) is 0 Å². The van der Waals surface area contributed by atoms with Crippen molar-refractivity contribution < 1.29 is 0 Å². The van der Waals surface area contributed by atoms with Gasteiger partial charge >= 0.3 is 0 Å². The van der Waals surface area contributed by atoms with Gasteiger partial charge in [-0.25, -0.2) is 0 Å². The maximum Gasteiger partial charge on any atom is 0.195 e. The number of hydrogen-bond acceptors (Lipinski definition) is 5. The van der Waals surface area contributed by atoms with Gasteiger partial charge in [-0.2, -0.15) is 15.8 Å². The van der Waals surface area contributed by atoms with Crippen LogP contribution in [0.5, 0.6) is 0 Å². The third-order valence-electron chi connectivity index (χ3n) is 7.99. The van der Waals surface area contributed by atoms with Crippen LogP contribution in [-0.4, -0.2) is 0 Å². The fourth-order valence-corrected chi connectivity index (χ4v) is 6.51. The monoisotopic (exact) mass is 481 g/mol. The normalized spacial score (nSPS) is 11.8. The zero-order valence-corrected chi connectivity index (χ0v) is 19.5. The molecule has 0 heterocycles. The van der Waals surface area contributed by atoms with Crippen LogP contribution in [0.25, 0.3) is 75.4 Å². The Kier molecular flexibility index (Phi) is 3.58. The van der Waals surface area contributed by atoms with Gasteiger partial charge in [-0.1, -0.05) is 24.3 Å². The molecule has 0 fully saturated rings. The van der Waals surface area contributed by atoms with E-state index < -0.39 is 0 Å². The summed E-state index contributed by atoms with van der Waals surface area (Å²) in [5.41, 5.74) is 0.573. The molecule has 0 aliphatic heterocycles. The Labute approximate surface area is 213 Å². The van der Waals surface area contributed by atoms with Gasteiger partial charge in [-0.15, -0.1) is 0 Å². The molecule has 0 aliphatic carbocycles. The van der Waals surface area contributed by atoms with Crippen LogP contribution >= 0.6 is 0 Å². The number of benzene rings is 8. The lowest BCUT2D eigenvalue weighted by atomic mass is 9.82. The maximum atomic E-state index is 13.8. The van der Waals surface area contributed by atoms with E-state index in [4.69, 9.17) is 0 Å². The van der Waals surface area contributed by atoms with E-state index in [1.165, 1.54) is 6.07 Å². The lowest BCUT2D eigenvalue weighted by Gasteiger charge is -2.19. The summed E-state index contributed by atoms with van der Waals surface area (Å²) in [7, 11) is 0. The van der Waals surface area contributed by atoms with E-state index in [0.29, 0.717) is 38.1 Å². The molecule has 8 aromatic rings. The average molecular weight is 481 g/mol. The van der Waals surface area contributed by atoms with Crippen molar-refractivity contribution in [1.82, 2.24) is 0 Å². The number of nitriles is 3. The van der Waals surface area contributed by atoms with E-state index in [1.54, 1.807) is 30.3 Å². The van der Waals surface area contributed by atoms with Crippen LogP contribution in [0.1, 0.15) is 16.7 Å². The Morgan fingerprint density at radius 3 is 1.53 bits per heavy atom. The molecule has 0 spiro atoms. The zero-order valence-electron chi connectivity index (χ0n) is 19.5. The van der Waals surface area contributed by atoms with E-state index in [2.05, 4.69) is 18.2 Å². The van der Waals surface area contributed by atoms with Crippen molar-refractivity contribution in [3.63, 3.8) is 0 Å². The third-order valence-corrected chi connectivity index (χ3v) is 7.99. The second-order valence-corrected chi connectivity index (χ2v) is 9.65. The molecule has 0 aliphatic rings. The average Bonchev–Trinajstić information content (AvgIpc) is 2.96. The summed E-state index contributed by atoms with van der Waals surface area (Å²) in [4.78, 5) is 27.5. The van der Waals surface area contributed by atoms with Crippen molar-refractivity contribution in [2.45, 2.75) is 0 Å². The molecular formula is C33H11N3O2. The van der Waals surface area contributed by atoms with Gasteiger partial charge in [0.15, 0.2) is 10.9 Å². The first-order chi connectivity index (χ1) is 18.6. The van der Waals surface area contributed by atoms with Crippen LogP contribution in [0.2, 0.25) is 0 Å². The third kappa shape index (κ3) is 2.15. The summed E-state index contributed by atoms with van der Waals surface area (Å²) in [5, 5.41) is 38.9. The van der Waals surface area contributed by atoms with Gasteiger partial charge in [-0.3, -0.25) is 9.59 Å². The highest BCUT2D eigenvalue weighted by atomic mass is 16.1.